The molecule has 0 amide bonds. The molecule has 4 rings (SSSR count). The van der Waals surface area contributed by atoms with Crippen molar-refractivity contribution in [2.45, 2.75) is 32.1 Å². The molecule has 3 N–H and O–H groups in total. The first-order valence-electron chi connectivity index (χ1n) is 8.30. The molecule has 3 aromatic heterocycles. The van der Waals surface area contributed by atoms with Gasteiger partial charge in [0.15, 0.2) is 0 Å². The zero-order chi connectivity index (χ0) is 16.7. The van der Waals surface area contributed by atoms with Crippen molar-refractivity contribution in [3.63, 3.8) is 0 Å². The second-order valence-corrected chi connectivity index (χ2v) is 6.35. The number of nitrogens with two attached hydrogens (primary N) is 1. The number of hydrogen-bond donors (Lipinski definition) is 2. The zero-order valence-corrected chi connectivity index (χ0v) is 13.8. The highest BCUT2D eigenvalue weighted by Gasteiger charge is 2.27. The molecular weight excluding hydrogens is 298 g/mol. The lowest BCUT2D eigenvalue weighted by Gasteiger charge is -2.23. The van der Waals surface area contributed by atoms with Gasteiger partial charge in [-0.2, -0.15) is 0 Å². The predicted molar refractivity (Wildman–Crippen MR) is 97.7 cm³/mol. The lowest BCUT2D eigenvalue weighted by atomic mass is 9.85. The van der Waals surface area contributed by atoms with Gasteiger partial charge in [0.25, 0.3) is 0 Å². The smallest absolute Gasteiger partial charge is 0.150 e. The van der Waals surface area contributed by atoms with Crippen LogP contribution < -0.4 is 5.73 Å². The first-order chi connectivity index (χ1) is 11.7. The van der Waals surface area contributed by atoms with E-state index in [4.69, 9.17) is 10.7 Å². The van der Waals surface area contributed by atoms with Gasteiger partial charge in [-0.05, 0) is 37.5 Å². The summed E-state index contributed by atoms with van der Waals surface area (Å²) in [6.07, 6.45) is 13.1. The van der Waals surface area contributed by atoms with Crippen LogP contribution in [0.3, 0.4) is 0 Å². The van der Waals surface area contributed by atoms with Crippen LogP contribution in [0.5, 0.6) is 0 Å². The van der Waals surface area contributed by atoms with Crippen LogP contribution >= 0.6 is 0 Å². The van der Waals surface area contributed by atoms with Gasteiger partial charge in [0.05, 0.1) is 5.69 Å². The number of anilines is 1. The number of aromatic amines is 1. The van der Waals surface area contributed by atoms with E-state index in [1.165, 1.54) is 19.3 Å². The molecule has 1 aliphatic carbocycles. The number of nitrogens with zero attached hydrogens (tertiary/aromatic N) is 3. The number of nitrogens with one attached hydrogen (secondary N) is 1. The maximum Gasteiger partial charge on any atom is 0.150 e. The van der Waals surface area contributed by atoms with E-state index < -0.39 is 0 Å². The number of hydrogen-bond acceptors (Lipinski definition) is 3. The summed E-state index contributed by atoms with van der Waals surface area (Å²) in [7, 11) is 0. The Morgan fingerprint density at radius 1 is 1.42 bits per heavy atom. The van der Waals surface area contributed by atoms with Crippen LogP contribution in [-0.2, 0) is 0 Å². The molecule has 0 unspecified atom stereocenters. The third kappa shape index (κ3) is 2.24. The Labute approximate surface area is 140 Å². The van der Waals surface area contributed by atoms with Crippen molar-refractivity contribution in [3.05, 3.63) is 54.3 Å². The standard InChI is InChI=1S/C19H21N5/c1-3-4-8-14-12(2)11-15(22-14)16-17-18(20)21-9-10-24(17)19(23-16)13-6-5-7-13/h3-4,8-11,13,22H,1,5-7H2,2H3,(H2,20,21)/b8-4-. The Kier molecular flexibility index (Phi) is 3.49. The molecule has 0 aliphatic heterocycles. The molecule has 3 aromatic rings. The summed E-state index contributed by atoms with van der Waals surface area (Å²) in [5, 5.41) is 0. The molecule has 0 spiro atoms. The maximum absolute atomic E-state index is 6.18. The van der Waals surface area contributed by atoms with Gasteiger partial charge in [0, 0.05) is 24.0 Å². The van der Waals surface area contributed by atoms with Crippen LogP contribution in [0.2, 0.25) is 0 Å². The minimum absolute atomic E-state index is 0.515. The number of nitrogen functional groups attached to an aromatic ring is 1. The van der Waals surface area contributed by atoms with Gasteiger partial charge in [0.2, 0.25) is 0 Å². The minimum atomic E-state index is 0.515. The van der Waals surface area contributed by atoms with E-state index in [9.17, 15) is 0 Å². The van der Waals surface area contributed by atoms with E-state index in [0.717, 1.165) is 34.0 Å². The summed E-state index contributed by atoms with van der Waals surface area (Å²) in [4.78, 5) is 12.7. The summed E-state index contributed by atoms with van der Waals surface area (Å²) < 4.78 is 2.11. The van der Waals surface area contributed by atoms with Gasteiger partial charge in [-0.3, -0.25) is 4.40 Å². The molecule has 5 nitrogen and oxygen atoms in total. The van der Waals surface area contributed by atoms with Crippen molar-refractivity contribution in [1.29, 1.82) is 0 Å². The fourth-order valence-electron chi connectivity index (χ4n) is 3.27. The second kappa shape index (κ2) is 5.67. The van der Waals surface area contributed by atoms with E-state index in [1.54, 1.807) is 12.3 Å². The lowest BCUT2D eigenvalue weighted by Crippen LogP contribution is -2.12. The number of rotatable bonds is 4. The highest BCUT2D eigenvalue weighted by molar-refractivity contribution is 5.85. The number of aromatic nitrogens is 4. The number of aryl methyl sites for hydroxylation is 1. The average Bonchev–Trinajstić information content (AvgIpc) is 3.06. The summed E-state index contributed by atoms with van der Waals surface area (Å²) in [5.41, 5.74) is 11.1. The van der Waals surface area contributed by atoms with Crippen molar-refractivity contribution in [2.24, 2.45) is 0 Å². The number of H-pyrrole nitrogens is 1. The third-order valence-electron chi connectivity index (χ3n) is 4.79. The van der Waals surface area contributed by atoms with Crippen LogP contribution in [0.25, 0.3) is 23.0 Å². The van der Waals surface area contributed by atoms with Crippen molar-refractivity contribution in [2.75, 3.05) is 5.73 Å². The normalized spacial score (nSPS) is 15.2. The van der Waals surface area contributed by atoms with Crippen LogP contribution in [-0.4, -0.2) is 19.4 Å². The first kappa shape index (κ1) is 14.8. The van der Waals surface area contributed by atoms with E-state index in [2.05, 4.69) is 33.9 Å². The fraction of sp³-hybridized carbons (Fsp3) is 0.263. The molecule has 3 heterocycles. The van der Waals surface area contributed by atoms with Gasteiger partial charge in [-0.15, -0.1) is 0 Å². The summed E-state index contributed by atoms with van der Waals surface area (Å²) in [6, 6.07) is 2.11. The van der Waals surface area contributed by atoms with E-state index >= 15 is 0 Å². The fourth-order valence-corrected chi connectivity index (χ4v) is 3.27. The van der Waals surface area contributed by atoms with Crippen LogP contribution in [0.4, 0.5) is 5.82 Å². The molecule has 1 aliphatic rings. The van der Waals surface area contributed by atoms with E-state index in [1.807, 2.05) is 18.3 Å². The highest BCUT2D eigenvalue weighted by Crippen LogP contribution is 2.39. The number of allylic oxidation sites excluding steroid dienone is 2. The molecule has 122 valence electrons. The monoisotopic (exact) mass is 319 g/mol. The van der Waals surface area contributed by atoms with Crippen molar-refractivity contribution < 1.29 is 0 Å². The van der Waals surface area contributed by atoms with Gasteiger partial charge >= 0.3 is 0 Å². The first-order valence-corrected chi connectivity index (χ1v) is 8.30. The number of imidazole rings is 1. The van der Waals surface area contributed by atoms with Gasteiger partial charge in [-0.25, -0.2) is 9.97 Å². The Morgan fingerprint density at radius 2 is 2.25 bits per heavy atom. The maximum atomic E-state index is 6.18. The van der Waals surface area contributed by atoms with E-state index in [0.29, 0.717) is 11.7 Å². The molecule has 0 radical (unpaired) electrons. The summed E-state index contributed by atoms with van der Waals surface area (Å²) in [5.74, 6) is 2.13. The lowest BCUT2D eigenvalue weighted by molar-refractivity contribution is 0.400. The van der Waals surface area contributed by atoms with Gasteiger partial charge in [-0.1, -0.05) is 25.2 Å². The Bertz CT molecular complexity index is 940. The quantitative estimate of drug-likeness (QED) is 0.712. The van der Waals surface area contributed by atoms with Crippen molar-refractivity contribution in [1.82, 2.24) is 19.4 Å². The SMILES string of the molecule is C=C/C=C\c1[nH]c(-c2nc(C3CCC3)n3ccnc(N)c23)cc1C. The van der Waals surface area contributed by atoms with Crippen LogP contribution in [0.1, 0.15) is 42.3 Å². The molecular formula is C19H21N5. The van der Waals surface area contributed by atoms with Crippen LogP contribution in [0.15, 0.2) is 37.2 Å². The zero-order valence-electron chi connectivity index (χ0n) is 13.8. The molecule has 5 heteroatoms. The molecule has 1 saturated carbocycles. The predicted octanol–water partition coefficient (Wildman–Crippen LogP) is 4.08. The van der Waals surface area contributed by atoms with Gasteiger partial charge < -0.3 is 10.7 Å². The molecule has 0 bridgehead atoms. The largest absolute Gasteiger partial charge is 0.382 e. The van der Waals surface area contributed by atoms with Crippen LogP contribution in [0, 0.1) is 6.92 Å². The van der Waals surface area contributed by atoms with Crippen molar-refractivity contribution in [3.8, 4) is 11.4 Å². The van der Waals surface area contributed by atoms with E-state index in [-0.39, 0.29) is 0 Å². The summed E-state index contributed by atoms with van der Waals surface area (Å²) >= 11 is 0. The van der Waals surface area contributed by atoms with Gasteiger partial charge in [0.1, 0.15) is 22.9 Å². The molecule has 24 heavy (non-hydrogen) atoms. The molecule has 1 fully saturated rings. The second-order valence-electron chi connectivity index (χ2n) is 6.35. The number of fused-ring (bicyclic) bond motifs is 1. The molecule has 0 atom stereocenters. The Morgan fingerprint density at radius 3 is 2.96 bits per heavy atom. The summed E-state index contributed by atoms with van der Waals surface area (Å²) in [6.45, 7) is 5.80. The Hall–Kier alpha value is -2.82. The molecule has 0 aromatic carbocycles. The average molecular weight is 319 g/mol. The van der Waals surface area contributed by atoms with Crippen molar-refractivity contribution >= 4 is 17.4 Å². The topological polar surface area (TPSA) is 72.0 Å². The Balaban J connectivity index is 1.90. The minimum Gasteiger partial charge on any atom is -0.382 e. The highest BCUT2D eigenvalue weighted by atomic mass is 15.1. The third-order valence-corrected chi connectivity index (χ3v) is 4.79. The molecule has 0 saturated heterocycles.